The first-order valence-electron chi connectivity index (χ1n) is 7.71. The third-order valence-corrected chi connectivity index (χ3v) is 4.60. The van der Waals surface area contributed by atoms with Crippen LogP contribution in [-0.2, 0) is 0 Å². The number of halogens is 2. The lowest BCUT2D eigenvalue weighted by atomic mass is 10.3. The van der Waals surface area contributed by atoms with Crippen LogP contribution in [0, 0.1) is 0 Å². The van der Waals surface area contributed by atoms with Gasteiger partial charge in [0.1, 0.15) is 17.9 Å². The number of nitrogens with one attached hydrogen (secondary N) is 1. The van der Waals surface area contributed by atoms with Gasteiger partial charge >= 0.3 is 0 Å². The second-order valence-electron chi connectivity index (χ2n) is 5.47. The van der Waals surface area contributed by atoms with E-state index in [-0.39, 0.29) is 0 Å². The van der Waals surface area contributed by atoms with E-state index in [4.69, 9.17) is 27.9 Å². The predicted molar refractivity (Wildman–Crippen MR) is 103 cm³/mol. The molecule has 0 unspecified atom stereocenters. The Morgan fingerprint density at radius 2 is 1.81 bits per heavy atom. The number of nitrogens with zero attached hydrogens (tertiary/aromatic N) is 4. The van der Waals surface area contributed by atoms with E-state index in [0.29, 0.717) is 21.5 Å². The number of fused-ring (bicyclic) bond motifs is 1. The lowest BCUT2D eigenvalue weighted by molar-refractivity contribution is 0.414. The molecule has 0 saturated carbocycles. The topological polar surface area (TPSA) is 64.9 Å². The second-order valence-corrected chi connectivity index (χ2v) is 6.28. The van der Waals surface area contributed by atoms with Gasteiger partial charge < -0.3 is 10.1 Å². The van der Waals surface area contributed by atoms with Crippen LogP contribution < -0.4 is 10.1 Å². The van der Waals surface area contributed by atoms with E-state index < -0.39 is 0 Å². The highest BCUT2D eigenvalue weighted by atomic mass is 35.5. The molecule has 0 atom stereocenters. The van der Waals surface area contributed by atoms with E-state index in [0.717, 1.165) is 22.5 Å². The molecule has 6 nitrogen and oxygen atoms in total. The molecule has 130 valence electrons. The molecule has 4 rings (SSSR count). The third-order valence-electron chi connectivity index (χ3n) is 3.87. The van der Waals surface area contributed by atoms with Crippen LogP contribution in [0.2, 0.25) is 10.0 Å². The molecule has 4 aromatic rings. The zero-order valence-corrected chi connectivity index (χ0v) is 15.2. The summed E-state index contributed by atoms with van der Waals surface area (Å²) in [6.07, 6.45) is 3.21. The van der Waals surface area contributed by atoms with Crippen molar-refractivity contribution in [2.45, 2.75) is 0 Å². The summed E-state index contributed by atoms with van der Waals surface area (Å²) in [5.41, 5.74) is 2.34. The van der Waals surface area contributed by atoms with Crippen LogP contribution in [0.15, 0.2) is 55.0 Å². The molecule has 2 aromatic carbocycles. The highest BCUT2D eigenvalue weighted by molar-refractivity contribution is 6.42. The van der Waals surface area contributed by atoms with Crippen LogP contribution in [0.1, 0.15) is 0 Å². The zero-order chi connectivity index (χ0) is 18.1. The molecule has 8 heteroatoms. The van der Waals surface area contributed by atoms with Crippen LogP contribution in [-0.4, -0.2) is 26.9 Å². The van der Waals surface area contributed by atoms with Gasteiger partial charge in [0.05, 0.1) is 34.4 Å². The van der Waals surface area contributed by atoms with Crippen molar-refractivity contribution in [2.24, 2.45) is 0 Å². The van der Waals surface area contributed by atoms with Crippen molar-refractivity contribution in [3.05, 3.63) is 65.0 Å². The minimum absolute atomic E-state index is 0.468. The Morgan fingerprint density at radius 1 is 1.00 bits per heavy atom. The summed E-state index contributed by atoms with van der Waals surface area (Å²) in [7, 11) is 1.63. The first-order chi connectivity index (χ1) is 12.7. The van der Waals surface area contributed by atoms with Crippen LogP contribution >= 0.6 is 23.2 Å². The van der Waals surface area contributed by atoms with Gasteiger partial charge in [-0.05, 0) is 42.5 Å². The molecule has 0 aliphatic rings. The Balaban J connectivity index is 1.73. The Morgan fingerprint density at radius 3 is 2.54 bits per heavy atom. The molecule has 0 saturated heterocycles. The highest BCUT2D eigenvalue weighted by Gasteiger charge is 2.12. The standard InChI is InChI=1S/C18H13Cl2N5O/c1-26-13-5-3-12(4-6-13)25-18-14(9-23-25)17(21-10-22-18)24-11-2-7-15(19)16(20)8-11/h2-10H,1H3,(H,21,22,24). The van der Waals surface area contributed by atoms with E-state index in [1.54, 1.807) is 30.1 Å². The SMILES string of the molecule is COc1ccc(-n2ncc3c(Nc4ccc(Cl)c(Cl)c4)ncnc32)cc1. The average Bonchev–Trinajstić information content (AvgIpc) is 3.10. The molecular formula is C18H13Cl2N5O. The maximum Gasteiger partial charge on any atom is 0.168 e. The number of benzene rings is 2. The molecule has 1 N–H and O–H groups in total. The highest BCUT2D eigenvalue weighted by Crippen LogP contribution is 2.29. The van der Waals surface area contributed by atoms with Gasteiger partial charge in [0.2, 0.25) is 0 Å². The summed E-state index contributed by atoms with van der Waals surface area (Å²) < 4.78 is 6.94. The van der Waals surface area contributed by atoms with Crippen LogP contribution in [0.5, 0.6) is 5.75 Å². The predicted octanol–water partition coefficient (Wildman–Crippen LogP) is 4.87. The van der Waals surface area contributed by atoms with Crippen molar-refractivity contribution in [2.75, 3.05) is 12.4 Å². The van der Waals surface area contributed by atoms with Crippen molar-refractivity contribution in [1.29, 1.82) is 0 Å². The number of anilines is 2. The van der Waals surface area contributed by atoms with Gasteiger partial charge in [0.15, 0.2) is 5.65 Å². The largest absolute Gasteiger partial charge is 0.497 e. The lowest BCUT2D eigenvalue weighted by Crippen LogP contribution is -1.99. The van der Waals surface area contributed by atoms with Crippen molar-refractivity contribution in [1.82, 2.24) is 19.7 Å². The summed E-state index contributed by atoms with van der Waals surface area (Å²) in [6, 6.07) is 12.9. The Kier molecular flexibility index (Phi) is 4.36. The molecule has 2 heterocycles. The van der Waals surface area contributed by atoms with Crippen molar-refractivity contribution < 1.29 is 4.74 Å². The Hall–Kier alpha value is -2.83. The molecular weight excluding hydrogens is 373 g/mol. The van der Waals surface area contributed by atoms with E-state index in [1.165, 1.54) is 6.33 Å². The van der Waals surface area contributed by atoms with Gasteiger partial charge in [-0.3, -0.25) is 0 Å². The monoisotopic (exact) mass is 385 g/mol. The number of aromatic nitrogens is 4. The van der Waals surface area contributed by atoms with Gasteiger partial charge in [-0.2, -0.15) is 5.10 Å². The normalized spacial score (nSPS) is 10.9. The Bertz CT molecular complexity index is 1080. The van der Waals surface area contributed by atoms with Gasteiger partial charge in [-0.1, -0.05) is 23.2 Å². The zero-order valence-electron chi connectivity index (χ0n) is 13.6. The quantitative estimate of drug-likeness (QED) is 0.542. The van der Waals surface area contributed by atoms with E-state index in [9.17, 15) is 0 Å². The number of methoxy groups -OCH3 is 1. The fourth-order valence-electron chi connectivity index (χ4n) is 2.57. The summed E-state index contributed by atoms with van der Waals surface area (Å²) >= 11 is 12.0. The Labute approximate surface area is 159 Å². The summed E-state index contributed by atoms with van der Waals surface area (Å²) in [5.74, 6) is 1.41. The van der Waals surface area contributed by atoms with E-state index in [1.807, 2.05) is 30.3 Å². The van der Waals surface area contributed by atoms with Crippen LogP contribution in [0.3, 0.4) is 0 Å². The van der Waals surface area contributed by atoms with Crippen LogP contribution in [0.25, 0.3) is 16.7 Å². The van der Waals surface area contributed by atoms with Gasteiger partial charge in [0, 0.05) is 5.69 Å². The summed E-state index contributed by atoms with van der Waals surface area (Å²) in [5, 5.41) is 9.42. The fraction of sp³-hybridized carbons (Fsp3) is 0.0556. The maximum absolute atomic E-state index is 6.08. The molecule has 0 amide bonds. The van der Waals surface area contributed by atoms with Gasteiger partial charge in [0.25, 0.3) is 0 Å². The molecule has 0 aliphatic heterocycles. The number of hydrogen-bond donors (Lipinski definition) is 1. The molecule has 0 fully saturated rings. The fourth-order valence-corrected chi connectivity index (χ4v) is 2.86. The summed E-state index contributed by atoms with van der Waals surface area (Å²) in [4.78, 5) is 8.68. The molecule has 26 heavy (non-hydrogen) atoms. The second kappa shape index (κ2) is 6.82. The van der Waals surface area contributed by atoms with Crippen LogP contribution in [0.4, 0.5) is 11.5 Å². The third kappa shape index (κ3) is 3.05. The number of ether oxygens (including phenoxy) is 1. The summed E-state index contributed by atoms with van der Waals surface area (Å²) in [6.45, 7) is 0. The molecule has 2 aromatic heterocycles. The van der Waals surface area contributed by atoms with Crippen molar-refractivity contribution in [3.8, 4) is 11.4 Å². The van der Waals surface area contributed by atoms with Gasteiger partial charge in [-0.25, -0.2) is 14.6 Å². The first-order valence-corrected chi connectivity index (χ1v) is 8.46. The smallest absolute Gasteiger partial charge is 0.168 e. The lowest BCUT2D eigenvalue weighted by Gasteiger charge is -2.08. The maximum atomic E-state index is 6.08. The van der Waals surface area contributed by atoms with Gasteiger partial charge in [-0.15, -0.1) is 0 Å². The molecule has 0 bridgehead atoms. The molecule has 0 radical (unpaired) electrons. The molecule has 0 spiro atoms. The van der Waals surface area contributed by atoms with E-state index >= 15 is 0 Å². The number of rotatable bonds is 4. The molecule has 0 aliphatic carbocycles. The number of hydrogen-bond acceptors (Lipinski definition) is 5. The average molecular weight is 386 g/mol. The first kappa shape index (κ1) is 16.6. The minimum atomic E-state index is 0.468. The minimum Gasteiger partial charge on any atom is -0.497 e. The van der Waals surface area contributed by atoms with Crippen molar-refractivity contribution >= 4 is 45.7 Å². The van der Waals surface area contributed by atoms with E-state index in [2.05, 4.69) is 20.4 Å². The van der Waals surface area contributed by atoms with Crippen molar-refractivity contribution in [3.63, 3.8) is 0 Å².